The van der Waals surface area contributed by atoms with Gasteiger partial charge >= 0.3 is 0 Å². The van der Waals surface area contributed by atoms with Gasteiger partial charge in [-0.3, -0.25) is 19.3 Å². The highest BCUT2D eigenvalue weighted by atomic mass is 16.5. The fourth-order valence-electron chi connectivity index (χ4n) is 3.95. The Balaban J connectivity index is 1.53. The van der Waals surface area contributed by atoms with E-state index in [9.17, 15) is 14.4 Å². The number of carbonyl (C=O) groups excluding carboxylic acids is 3. The predicted octanol–water partition coefficient (Wildman–Crippen LogP) is 3.98. The van der Waals surface area contributed by atoms with Crippen molar-refractivity contribution < 1.29 is 19.1 Å². The number of fused-ring (bicyclic) bond motifs is 1. The first-order valence-electron chi connectivity index (χ1n) is 11.4. The quantitative estimate of drug-likeness (QED) is 0.357. The summed E-state index contributed by atoms with van der Waals surface area (Å²) >= 11 is 0. The molecule has 0 saturated heterocycles. The maximum atomic E-state index is 13.1. The summed E-state index contributed by atoms with van der Waals surface area (Å²) in [5, 5.41) is 6.17. The average molecular weight is 474 g/mol. The zero-order chi connectivity index (χ0) is 24.9. The molecule has 180 valence electrons. The molecule has 35 heavy (non-hydrogen) atoms. The van der Waals surface area contributed by atoms with Crippen LogP contribution in [0.1, 0.15) is 55.7 Å². The van der Waals surface area contributed by atoms with E-state index in [0.29, 0.717) is 35.7 Å². The number of hydrogen-bond donors (Lipinski definition) is 2. The Labute approximate surface area is 203 Å². The molecule has 2 aromatic carbocycles. The average Bonchev–Trinajstić information content (AvgIpc) is 3.08. The molecule has 2 heterocycles. The third-order valence-electron chi connectivity index (χ3n) is 5.78. The Morgan fingerprint density at radius 2 is 1.83 bits per heavy atom. The van der Waals surface area contributed by atoms with E-state index in [0.717, 1.165) is 23.4 Å². The number of aryl methyl sites for hydroxylation is 2. The lowest BCUT2D eigenvalue weighted by Gasteiger charge is -2.14. The molecule has 1 aliphatic heterocycles. The van der Waals surface area contributed by atoms with E-state index in [2.05, 4.69) is 20.6 Å². The number of aromatic nitrogens is 2. The first-order chi connectivity index (χ1) is 16.9. The van der Waals surface area contributed by atoms with Crippen LogP contribution in [0, 0.1) is 6.92 Å². The van der Waals surface area contributed by atoms with Crippen LogP contribution < -0.4 is 10.6 Å². The highest BCUT2D eigenvalue weighted by Gasteiger charge is 2.35. The van der Waals surface area contributed by atoms with Crippen LogP contribution in [0.25, 0.3) is 0 Å². The molecule has 3 aromatic rings. The Morgan fingerprint density at radius 1 is 1.03 bits per heavy atom. The second kappa shape index (κ2) is 10.4. The lowest BCUT2D eigenvalue weighted by molar-refractivity contribution is 0.0638. The van der Waals surface area contributed by atoms with E-state index < -0.39 is 5.91 Å². The van der Waals surface area contributed by atoms with Gasteiger partial charge in [-0.25, -0.2) is 9.97 Å². The molecule has 0 fully saturated rings. The molecule has 0 unspecified atom stereocenters. The minimum atomic E-state index is -0.392. The van der Waals surface area contributed by atoms with Crippen molar-refractivity contribution in [1.29, 1.82) is 0 Å². The largest absolute Gasteiger partial charge is 0.385 e. The molecule has 0 saturated carbocycles. The molecule has 1 aliphatic rings. The van der Waals surface area contributed by atoms with Crippen LogP contribution in [-0.4, -0.2) is 52.9 Å². The summed E-state index contributed by atoms with van der Waals surface area (Å²) in [7, 11) is 1.57. The van der Waals surface area contributed by atoms with Crippen LogP contribution in [0.3, 0.4) is 0 Å². The predicted molar refractivity (Wildman–Crippen MR) is 132 cm³/mol. The van der Waals surface area contributed by atoms with Crippen LogP contribution in [0.4, 0.5) is 17.2 Å². The monoisotopic (exact) mass is 473 g/mol. The van der Waals surface area contributed by atoms with Crippen LogP contribution in [-0.2, 0) is 11.2 Å². The highest BCUT2D eigenvalue weighted by molar-refractivity contribution is 6.22. The molecule has 9 nitrogen and oxygen atoms in total. The van der Waals surface area contributed by atoms with Gasteiger partial charge in [-0.1, -0.05) is 13.0 Å². The summed E-state index contributed by atoms with van der Waals surface area (Å²) in [5.74, 6) is -0.456. The molecule has 0 bridgehead atoms. The summed E-state index contributed by atoms with van der Waals surface area (Å²) in [5.41, 5.74) is 4.06. The SMILES string of the molecule is CCc1ccc(Nc2cc(C)ncn2)cc1NC(=O)c1ccc2c(c1)C(=O)N(CCCOC)C2=O. The molecule has 0 radical (unpaired) electrons. The molecule has 0 atom stereocenters. The zero-order valence-corrected chi connectivity index (χ0v) is 19.9. The smallest absolute Gasteiger partial charge is 0.261 e. The minimum absolute atomic E-state index is 0.241. The van der Waals surface area contributed by atoms with Crippen molar-refractivity contribution >= 4 is 34.9 Å². The maximum absolute atomic E-state index is 13.1. The number of carbonyl (C=O) groups is 3. The number of imide groups is 1. The van der Waals surface area contributed by atoms with Crippen LogP contribution in [0.2, 0.25) is 0 Å². The molecule has 9 heteroatoms. The Hall–Kier alpha value is -4.11. The number of ether oxygens (including phenoxy) is 1. The third-order valence-corrected chi connectivity index (χ3v) is 5.78. The molecule has 4 rings (SSSR count). The Kier molecular flexibility index (Phi) is 7.17. The zero-order valence-electron chi connectivity index (χ0n) is 19.9. The fourth-order valence-corrected chi connectivity index (χ4v) is 3.95. The molecule has 3 amide bonds. The maximum Gasteiger partial charge on any atom is 0.261 e. The van der Waals surface area contributed by atoms with Crippen LogP contribution >= 0.6 is 0 Å². The van der Waals surface area contributed by atoms with Crippen molar-refractivity contribution in [2.24, 2.45) is 0 Å². The summed E-state index contributed by atoms with van der Waals surface area (Å²) in [6, 6.07) is 12.1. The number of hydrogen-bond acceptors (Lipinski definition) is 7. The topological polar surface area (TPSA) is 114 Å². The van der Waals surface area contributed by atoms with Crippen molar-refractivity contribution in [3.8, 4) is 0 Å². The van der Waals surface area contributed by atoms with Gasteiger partial charge in [-0.05, 0) is 55.7 Å². The first-order valence-corrected chi connectivity index (χ1v) is 11.4. The van der Waals surface area contributed by atoms with Crippen molar-refractivity contribution in [2.45, 2.75) is 26.7 Å². The fraction of sp³-hybridized carbons (Fsp3) is 0.269. The molecule has 2 N–H and O–H groups in total. The Morgan fingerprint density at radius 3 is 2.57 bits per heavy atom. The van der Waals surface area contributed by atoms with Gasteiger partial charge in [0, 0.05) is 49.0 Å². The van der Waals surface area contributed by atoms with Gasteiger partial charge in [0.15, 0.2) is 0 Å². The van der Waals surface area contributed by atoms with E-state index >= 15 is 0 Å². The summed E-state index contributed by atoms with van der Waals surface area (Å²) in [6.07, 6.45) is 2.75. The summed E-state index contributed by atoms with van der Waals surface area (Å²) < 4.78 is 5.01. The minimum Gasteiger partial charge on any atom is -0.385 e. The van der Waals surface area contributed by atoms with E-state index in [1.807, 2.05) is 38.1 Å². The van der Waals surface area contributed by atoms with Crippen molar-refractivity contribution in [2.75, 3.05) is 30.9 Å². The van der Waals surface area contributed by atoms with E-state index in [4.69, 9.17) is 4.74 Å². The van der Waals surface area contributed by atoms with E-state index in [-0.39, 0.29) is 23.9 Å². The number of nitrogens with zero attached hydrogens (tertiary/aromatic N) is 3. The van der Waals surface area contributed by atoms with Crippen LogP contribution in [0.15, 0.2) is 48.8 Å². The van der Waals surface area contributed by atoms with Gasteiger partial charge in [0.25, 0.3) is 17.7 Å². The van der Waals surface area contributed by atoms with Gasteiger partial charge in [0.1, 0.15) is 12.1 Å². The lowest BCUT2D eigenvalue weighted by atomic mass is 10.0. The van der Waals surface area contributed by atoms with Crippen LogP contribution in [0.5, 0.6) is 0 Å². The van der Waals surface area contributed by atoms with Gasteiger partial charge < -0.3 is 15.4 Å². The third kappa shape index (κ3) is 5.20. The summed E-state index contributed by atoms with van der Waals surface area (Å²) in [4.78, 5) is 48.0. The number of methoxy groups -OCH3 is 1. The Bertz CT molecular complexity index is 1290. The second-order valence-electron chi connectivity index (χ2n) is 8.22. The molecular weight excluding hydrogens is 446 g/mol. The number of anilines is 3. The van der Waals surface area contributed by atoms with Gasteiger partial charge in [0.2, 0.25) is 0 Å². The molecular formula is C26H27N5O4. The van der Waals surface area contributed by atoms with Gasteiger partial charge in [-0.2, -0.15) is 0 Å². The first kappa shape index (κ1) is 24.0. The van der Waals surface area contributed by atoms with E-state index in [1.165, 1.54) is 23.4 Å². The van der Waals surface area contributed by atoms with Gasteiger partial charge in [-0.15, -0.1) is 0 Å². The second-order valence-corrected chi connectivity index (χ2v) is 8.22. The molecule has 0 aliphatic carbocycles. The highest BCUT2D eigenvalue weighted by Crippen LogP contribution is 2.27. The molecule has 1 aromatic heterocycles. The lowest BCUT2D eigenvalue weighted by Crippen LogP contribution is -2.31. The normalized spacial score (nSPS) is 12.6. The van der Waals surface area contributed by atoms with Crippen molar-refractivity contribution in [3.63, 3.8) is 0 Å². The molecule has 0 spiro atoms. The van der Waals surface area contributed by atoms with Crippen molar-refractivity contribution in [1.82, 2.24) is 14.9 Å². The van der Waals surface area contributed by atoms with Crippen molar-refractivity contribution in [3.05, 3.63) is 76.7 Å². The standard InChI is InChI=1S/C26H27N5O4/c1-4-17-6-8-19(29-23-12-16(2)27-15-28-23)14-22(17)30-24(32)18-7-9-20-21(13-18)26(34)31(25(20)33)10-5-11-35-3/h6-9,12-15H,4-5,10-11H2,1-3H3,(H,30,32)(H,27,28,29). The number of benzene rings is 2. The number of amides is 3. The van der Waals surface area contributed by atoms with E-state index in [1.54, 1.807) is 13.2 Å². The number of nitrogens with one attached hydrogen (secondary N) is 2. The summed E-state index contributed by atoms with van der Waals surface area (Å²) in [6.45, 7) is 4.61. The van der Waals surface area contributed by atoms with Gasteiger partial charge in [0.05, 0.1) is 11.1 Å². The number of rotatable bonds is 9.